The minimum atomic E-state index is -3.75. The number of benzene rings is 3. The minimum Gasteiger partial charge on any atom is -0.497 e. The Morgan fingerprint density at radius 1 is 0.875 bits per heavy atom. The van der Waals surface area contributed by atoms with Gasteiger partial charge in [-0.1, -0.05) is 12.1 Å². The number of pyridine rings is 1. The topological polar surface area (TPSA) is 123 Å². The summed E-state index contributed by atoms with van der Waals surface area (Å²) in [5.74, 6) is 0.265. The highest BCUT2D eigenvalue weighted by Gasteiger charge is 2.43. The predicted octanol–water partition coefficient (Wildman–Crippen LogP) is 5.92. The maximum absolute atomic E-state index is 13.3. The average molecular weight is 548 g/mol. The Kier molecular flexibility index (Phi) is 7.31. The average Bonchev–Trinajstić information content (AvgIpc) is 3.25. The quantitative estimate of drug-likeness (QED) is 0.216. The van der Waals surface area contributed by atoms with Gasteiger partial charge in [-0.15, -0.1) is 8.78 Å². The molecule has 10 nitrogen and oxygen atoms in total. The van der Waals surface area contributed by atoms with Crippen molar-refractivity contribution in [2.24, 2.45) is 0 Å². The van der Waals surface area contributed by atoms with Crippen molar-refractivity contribution in [1.29, 1.82) is 0 Å². The van der Waals surface area contributed by atoms with E-state index in [9.17, 15) is 18.4 Å². The van der Waals surface area contributed by atoms with Crippen molar-refractivity contribution in [2.75, 3.05) is 28.4 Å². The molecule has 4 aromatic rings. The minimum absolute atomic E-state index is 0.116. The molecule has 5 rings (SSSR count). The number of nitrogens with zero attached hydrogens (tertiary/aromatic N) is 1. The van der Waals surface area contributed by atoms with Crippen molar-refractivity contribution in [3.05, 3.63) is 96.2 Å². The monoisotopic (exact) mass is 547 g/mol. The highest BCUT2D eigenvalue weighted by molar-refractivity contribution is 6.08. The van der Waals surface area contributed by atoms with Crippen molar-refractivity contribution in [3.8, 4) is 17.2 Å². The molecular weight excluding hydrogens is 524 g/mol. The Hall–Kier alpha value is -5.39. The van der Waals surface area contributed by atoms with Gasteiger partial charge in [-0.2, -0.15) is 0 Å². The molecule has 0 saturated heterocycles. The molecule has 0 spiro atoms. The summed E-state index contributed by atoms with van der Waals surface area (Å²) in [5.41, 5.74) is 2.51. The first kappa shape index (κ1) is 26.2. The van der Waals surface area contributed by atoms with Crippen LogP contribution in [-0.2, 0) is 6.54 Å². The SMILES string of the molecule is COc1ccc(NC(=O)Nc2cc(CNc3ccccc3C(=O)Nc3ccc4c(c3)OC(F)(F)O4)ccn2)cc1. The van der Waals surface area contributed by atoms with Gasteiger partial charge in [0, 0.05) is 35.9 Å². The third-order valence-corrected chi connectivity index (χ3v) is 5.73. The van der Waals surface area contributed by atoms with Crippen molar-refractivity contribution in [3.63, 3.8) is 0 Å². The van der Waals surface area contributed by atoms with Crippen LogP contribution in [0.2, 0.25) is 0 Å². The van der Waals surface area contributed by atoms with Crippen LogP contribution in [-0.4, -0.2) is 30.3 Å². The zero-order valence-electron chi connectivity index (χ0n) is 21.0. The van der Waals surface area contributed by atoms with E-state index < -0.39 is 18.2 Å². The fourth-order valence-corrected chi connectivity index (χ4v) is 3.86. The number of nitrogens with one attached hydrogen (secondary N) is 4. The summed E-state index contributed by atoms with van der Waals surface area (Å²) in [6.45, 7) is 0.320. The van der Waals surface area contributed by atoms with Crippen LogP contribution in [0.15, 0.2) is 85.1 Å². The molecule has 204 valence electrons. The van der Waals surface area contributed by atoms with Crippen molar-refractivity contribution < 1.29 is 32.6 Å². The van der Waals surface area contributed by atoms with E-state index in [1.165, 1.54) is 18.2 Å². The first-order chi connectivity index (χ1) is 19.3. The maximum Gasteiger partial charge on any atom is 0.586 e. The molecule has 40 heavy (non-hydrogen) atoms. The van der Waals surface area contributed by atoms with Gasteiger partial charge in [-0.3, -0.25) is 10.1 Å². The van der Waals surface area contributed by atoms with Gasteiger partial charge in [0.15, 0.2) is 11.5 Å². The number of fused-ring (bicyclic) bond motifs is 1. The zero-order valence-corrected chi connectivity index (χ0v) is 21.0. The van der Waals surface area contributed by atoms with Gasteiger partial charge in [0.2, 0.25) is 0 Å². The predicted molar refractivity (Wildman–Crippen MR) is 144 cm³/mol. The summed E-state index contributed by atoms with van der Waals surface area (Å²) < 4.78 is 40.5. The Labute approximate surface area is 227 Å². The molecule has 0 saturated carbocycles. The number of alkyl halides is 2. The lowest BCUT2D eigenvalue weighted by Gasteiger charge is -2.13. The van der Waals surface area contributed by atoms with E-state index in [2.05, 4.69) is 35.7 Å². The van der Waals surface area contributed by atoms with E-state index in [1.807, 2.05) is 0 Å². The molecule has 0 atom stereocenters. The molecule has 3 amide bonds. The summed E-state index contributed by atoms with van der Waals surface area (Å²) in [6.07, 6.45) is -2.19. The van der Waals surface area contributed by atoms with E-state index in [-0.39, 0.29) is 17.2 Å². The molecule has 4 N–H and O–H groups in total. The van der Waals surface area contributed by atoms with Gasteiger partial charge in [-0.05, 0) is 66.2 Å². The number of urea groups is 1. The number of hydrogen-bond acceptors (Lipinski definition) is 7. The molecule has 12 heteroatoms. The Balaban J connectivity index is 1.20. The van der Waals surface area contributed by atoms with Crippen LogP contribution in [0.1, 0.15) is 15.9 Å². The van der Waals surface area contributed by atoms with E-state index in [0.717, 1.165) is 5.56 Å². The van der Waals surface area contributed by atoms with Gasteiger partial charge in [0.05, 0.1) is 12.7 Å². The van der Waals surface area contributed by atoms with Gasteiger partial charge < -0.3 is 30.2 Å². The molecule has 1 aliphatic rings. The van der Waals surface area contributed by atoms with Crippen LogP contribution in [0, 0.1) is 0 Å². The standard InChI is InChI=1S/C28H23F2N5O5/c1-38-20-9-6-18(7-10-20)34-27(37)35-25-14-17(12-13-31-25)16-32-22-5-3-2-4-21(22)26(36)33-19-8-11-23-24(15-19)40-28(29,30)39-23/h2-15,32H,16H2,1H3,(H,33,36)(H2,31,34,35,37). The van der Waals surface area contributed by atoms with Crippen LogP contribution in [0.4, 0.5) is 36.5 Å². The van der Waals surface area contributed by atoms with E-state index in [4.69, 9.17) is 4.74 Å². The molecule has 0 unspecified atom stereocenters. The normalized spacial score (nSPS) is 12.8. The number of carbonyl (C=O) groups is 2. The smallest absolute Gasteiger partial charge is 0.497 e. The van der Waals surface area contributed by atoms with Crippen LogP contribution < -0.4 is 35.5 Å². The third-order valence-electron chi connectivity index (χ3n) is 5.73. The van der Waals surface area contributed by atoms with E-state index in [0.29, 0.717) is 35.1 Å². The molecule has 0 bridgehead atoms. The first-order valence-electron chi connectivity index (χ1n) is 12.0. The number of carbonyl (C=O) groups excluding carboxylic acids is 2. The molecular formula is C28H23F2N5O5. The van der Waals surface area contributed by atoms with Gasteiger partial charge in [0.1, 0.15) is 11.6 Å². The lowest BCUT2D eigenvalue weighted by molar-refractivity contribution is -0.286. The van der Waals surface area contributed by atoms with Crippen LogP contribution in [0.25, 0.3) is 0 Å². The molecule has 0 radical (unpaired) electrons. The molecule has 2 heterocycles. The molecule has 0 fully saturated rings. The number of halogens is 2. The van der Waals surface area contributed by atoms with Gasteiger partial charge >= 0.3 is 12.3 Å². The number of aromatic nitrogens is 1. The van der Waals surface area contributed by atoms with Crippen molar-refractivity contribution in [2.45, 2.75) is 12.8 Å². The van der Waals surface area contributed by atoms with Crippen LogP contribution >= 0.6 is 0 Å². The summed E-state index contributed by atoms with van der Waals surface area (Å²) in [6, 6.07) is 20.7. The fraction of sp³-hybridized carbons (Fsp3) is 0.107. The summed E-state index contributed by atoms with van der Waals surface area (Å²) in [7, 11) is 1.56. The van der Waals surface area contributed by atoms with Crippen LogP contribution in [0.5, 0.6) is 17.2 Å². The van der Waals surface area contributed by atoms with Gasteiger partial charge in [0.25, 0.3) is 5.91 Å². The molecule has 1 aromatic heterocycles. The number of rotatable bonds is 8. The number of anilines is 4. The van der Waals surface area contributed by atoms with Crippen LogP contribution in [0.3, 0.4) is 0 Å². The highest BCUT2D eigenvalue weighted by atomic mass is 19.3. The summed E-state index contributed by atoms with van der Waals surface area (Å²) in [5, 5.41) is 11.3. The lowest BCUT2D eigenvalue weighted by atomic mass is 10.1. The number of hydrogen-bond donors (Lipinski definition) is 4. The number of para-hydroxylation sites is 1. The number of ether oxygens (including phenoxy) is 3. The Morgan fingerprint density at radius 2 is 1.62 bits per heavy atom. The summed E-state index contributed by atoms with van der Waals surface area (Å²) in [4.78, 5) is 29.6. The molecule has 3 aromatic carbocycles. The molecule has 1 aliphatic heterocycles. The van der Waals surface area contributed by atoms with Gasteiger partial charge in [-0.25, -0.2) is 9.78 Å². The second-order valence-corrected chi connectivity index (χ2v) is 8.54. The van der Waals surface area contributed by atoms with Crippen molar-refractivity contribution >= 4 is 34.8 Å². The first-order valence-corrected chi connectivity index (χ1v) is 12.0. The second-order valence-electron chi connectivity index (χ2n) is 8.54. The molecule has 0 aliphatic carbocycles. The third kappa shape index (κ3) is 6.35. The summed E-state index contributed by atoms with van der Waals surface area (Å²) >= 11 is 0. The Bertz CT molecular complexity index is 1550. The zero-order chi connectivity index (χ0) is 28.1. The fourth-order valence-electron chi connectivity index (χ4n) is 3.86. The lowest BCUT2D eigenvalue weighted by Crippen LogP contribution is -2.25. The Morgan fingerprint density at radius 3 is 2.42 bits per heavy atom. The maximum atomic E-state index is 13.3. The van der Waals surface area contributed by atoms with E-state index in [1.54, 1.807) is 74.0 Å². The highest BCUT2D eigenvalue weighted by Crippen LogP contribution is 2.42. The van der Waals surface area contributed by atoms with Crippen molar-refractivity contribution in [1.82, 2.24) is 4.98 Å². The second kappa shape index (κ2) is 11.2. The largest absolute Gasteiger partial charge is 0.586 e. The van der Waals surface area contributed by atoms with E-state index >= 15 is 0 Å². The number of methoxy groups -OCH3 is 1. The number of amides is 3.